The number of halogens is 1. The summed E-state index contributed by atoms with van der Waals surface area (Å²) >= 11 is 5.84. The molecule has 2 aromatic heterocycles. The van der Waals surface area contributed by atoms with Crippen LogP contribution in [-0.2, 0) is 32.3 Å². The highest BCUT2D eigenvalue weighted by molar-refractivity contribution is 6.39. The number of carbonyl (C=O) groups is 4. The number of nitrogens with one attached hydrogen (secondary N) is 4. The van der Waals surface area contributed by atoms with Gasteiger partial charge in [0.05, 0.1) is 25.0 Å². The van der Waals surface area contributed by atoms with Gasteiger partial charge in [-0.3, -0.25) is 24.2 Å². The summed E-state index contributed by atoms with van der Waals surface area (Å²) in [6.07, 6.45) is 2.76. The van der Waals surface area contributed by atoms with Crippen LogP contribution in [-0.4, -0.2) is 34.8 Å². The van der Waals surface area contributed by atoms with E-state index in [2.05, 4.69) is 31.5 Å². The van der Waals surface area contributed by atoms with Crippen molar-refractivity contribution < 1.29 is 23.6 Å². The van der Waals surface area contributed by atoms with E-state index in [0.717, 1.165) is 0 Å². The molecule has 11 nitrogen and oxygen atoms in total. The topological polar surface area (TPSA) is 155 Å². The van der Waals surface area contributed by atoms with Crippen molar-refractivity contribution in [2.75, 3.05) is 5.32 Å². The van der Waals surface area contributed by atoms with Crippen molar-refractivity contribution in [2.24, 2.45) is 5.10 Å². The second kappa shape index (κ2) is 11.9. The second-order valence-electron chi connectivity index (χ2n) is 6.65. The number of hydrazone groups is 1. The lowest BCUT2D eigenvalue weighted by Crippen LogP contribution is -2.37. The maximum atomic E-state index is 12.0. The molecule has 0 aliphatic carbocycles. The standard InChI is InChI=1S/C22H19ClN6O5/c23-14-4-3-6-15(10-14)28-21(32)19(30)26-12-17-7-8-18(34-17)13-27-29-22(33)20(31)25-11-16-5-1-2-9-24-16/h1-10,13H,11-12H2,(H,25,31)(H,26,30)(H,28,32)(H,29,33)/b27-13+. The van der Waals surface area contributed by atoms with E-state index in [1.807, 2.05) is 0 Å². The molecule has 0 aliphatic rings. The molecule has 0 saturated carbocycles. The van der Waals surface area contributed by atoms with Crippen molar-refractivity contribution in [1.29, 1.82) is 0 Å². The molecule has 0 radical (unpaired) electrons. The Hall–Kier alpha value is -4.51. The number of benzene rings is 1. The van der Waals surface area contributed by atoms with Crippen LogP contribution in [0.3, 0.4) is 0 Å². The van der Waals surface area contributed by atoms with Gasteiger partial charge in [0.15, 0.2) is 0 Å². The van der Waals surface area contributed by atoms with Gasteiger partial charge in [0, 0.05) is 16.9 Å². The first-order valence-corrected chi connectivity index (χ1v) is 10.2. The minimum absolute atomic E-state index is 0.0576. The van der Waals surface area contributed by atoms with Crippen LogP contribution >= 0.6 is 11.6 Å². The molecule has 3 aromatic rings. The van der Waals surface area contributed by atoms with Gasteiger partial charge in [-0.2, -0.15) is 5.10 Å². The number of nitrogens with zero attached hydrogens (tertiary/aromatic N) is 2. The fraction of sp³-hybridized carbons (Fsp3) is 0.0909. The molecule has 2 heterocycles. The van der Waals surface area contributed by atoms with E-state index < -0.39 is 23.6 Å². The third-order valence-electron chi connectivity index (χ3n) is 4.11. The first kappa shape index (κ1) is 24.1. The lowest BCUT2D eigenvalue weighted by atomic mass is 10.3. The van der Waals surface area contributed by atoms with Crippen LogP contribution in [0, 0.1) is 0 Å². The highest BCUT2D eigenvalue weighted by atomic mass is 35.5. The van der Waals surface area contributed by atoms with E-state index >= 15 is 0 Å². The maximum Gasteiger partial charge on any atom is 0.329 e. The molecular weight excluding hydrogens is 464 g/mol. The van der Waals surface area contributed by atoms with Crippen molar-refractivity contribution in [3.05, 3.63) is 83.0 Å². The number of amides is 4. The van der Waals surface area contributed by atoms with Crippen LogP contribution in [0.1, 0.15) is 17.2 Å². The number of anilines is 1. The molecule has 12 heteroatoms. The average Bonchev–Trinajstić information content (AvgIpc) is 3.29. The molecule has 0 fully saturated rings. The fourth-order valence-electron chi connectivity index (χ4n) is 2.52. The summed E-state index contributed by atoms with van der Waals surface area (Å²) in [4.78, 5) is 51.5. The molecular formula is C22H19ClN6O5. The molecule has 4 N–H and O–H groups in total. The number of rotatable bonds is 7. The summed E-state index contributed by atoms with van der Waals surface area (Å²) < 4.78 is 5.42. The van der Waals surface area contributed by atoms with Gasteiger partial charge in [0.1, 0.15) is 11.5 Å². The van der Waals surface area contributed by atoms with E-state index in [4.69, 9.17) is 16.0 Å². The predicted octanol–water partition coefficient (Wildman–Crippen LogP) is 1.35. The number of carbonyl (C=O) groups excluding carboxylic acids is 4. The molecule has 0 saturated heterocycles. The lowest BCUT2D eigenvalue weighted by Gasteiger charge is -2.05. The monoisotopic (exact) mass is 482 g/mol. The number of pyridine rings is 1. The van der Waals surface area contributed by atoms with E-state index in [1.54, 1.807) is 48.7 Å². The Morgan fingerprint density at radius 1 is 0.912 bits per heavy atom. The van der Waals surface area contributed by atoms with E-state index in [-0.39, 0.29) is 18.8 Å². The number of hydrogen-bond acceptors (Lipinski definition) is 7. The van der Waals surface area contributed by atoms with E-state index in [0.29, 0.717) is 22.2 Å². The summed E-state index contributed by atoms with van der Waals surface area (Å²) in [5.41, 5.74) is 3.06. The van der Waals surface area contributed by atoms with Crippen molar-refractivity contribution in [3.8, 4) is 0 Å². The van der Waals surface area contributed by atoms with Gasteiger partial charge in [0.2, 0.25) is 0 Å². The second-order valence-corrected chi connectivity index (χ2v) is 7.09. The molecule has 0 aliphatic heterocycles. The molecule has 0 spiro atoms. The normalized spacial score (nSPS) is 10.5. The van der Waals surface area contributed by atoms with Gasteiger partial charge in [0.25, 0.3) is 0 Å². The maximum absolute atomic E-state index is 12.0. The molecule has 1 aromatic carbocycles. The van der Waals surface area contributed by atoms with Crippen LogP contribution < -0.4 is 21.4 Å². The zero-order chi connectivity index (χ0) is 24.3. The smallest absolute Gasteiger partial charge is 0.329 e. The molecule has 174 valence electrons. The minimum atomic E-state index is -0.961. The quantitative estimate of drug-likeness (QED) is 0.226. The van der Waals surface area contributed by atoms with Crippen LogP contribution in [0.15, 0.2) is 70.3 Å². The Bertz CT molecular complexity index is 1210. The molecule has 4 amide bonds. The fourth-order valence-corrected chi connectivity index (χ4v) is 2.71. The molecule has 0 unspecified atom stereocenters. The van der Waals surface area contributed by atoms with Gasteiger partial charge in [-0.15, -0.1) is 0 Å². The molecule has 0 atom stereocenters. The van der Waals surface area contributed by atoms with Crippen molar-refractivity contribution in [2.45, 2.75) is 13.1 Å². The van der Waals surface area contributed by atoms with Crippen LogP contribution in [0.25, 0.3) is 0 Å². The Kier molecular flexibility index (Phi) is 8.47. The van der Waals surface area contributed by atoms with Crippen molar-refractivity contribution in [1.82, 2.24) is 21.0 Å². The van der Waals surface area contributed by atoms with Crippen LogP contribution in [0.5, 0.6) is 0 Å². The summed E-state index contributed by atoms with van der Waals surface area (Å²) in [5.74, 6) is -2.97. The molecule has 3 rings (SSSR count). The third-order valence-corrected chi connectivity index (χ3v) is 4.35. The van der Waals surface area contributed by atoms with Crippen molar-refractivity contribution >= 4 is 47.1 Å². The average molecular weight is 483 g/mol. The van der Waals surface area contributed by atoms with Gasteiger partial charge in [-0.25, -0.2) is 5.43 Å². The predicted molar refractivity (Wildman–Crippen MR) is 122 cm³/mol. The van der Waals surface area contributed by atoms with Gasteiger partial charge in [-0.05, 0) is 42.5 Å². The van der Waals surface area contributed by atoms with Crippen molar-refractivity contribution in [3.63, 3.8) is 0 Å². The van der Waals surface area contributed by atoms with Crippen LogP contribution in [0.2, 0.25) is 5.02 Å². The first-order valence-electron chi connectivity index (χ1n) is 9.85. The summed E-state index contributed by atoms with van der Waals surface area (Å²) in [6, 6.07) is 14.7. The Morgan fingerprint density at radius 2 is 1.71 bits per heavy atom. The Morgan fingerprint density at radius 3 is 2.47 bits per heavy atom. The van der Waals surface area contributed by atoms with Crippen LogP contribution in [0.4, 0.5) is 5.69 Å². The van der Waals surface area contributed by atoms with Gasteiger partial charge in [-0.1, -0.05) is 23.7 Å². The number of hydrogen-bond donors (Lipinski definition) is 4. The zero-order valence-electron chi connectivity index (χ0n) is 17.6. The summed E-state index contributed by atoms with van der Waals surface area (Å²) in [6.45, 7) is 0.0408. The third kappa shape index (κ3) is 7.57. The first-order chi connectivity index (χ1) is 16.4. The number of aromatic nitrogens is 1. The van der Waals surface area contributed by atoms with E-state index in [1.165, 1.54) is 18.3 Å². The Balaban J connectivity index is 1.40. The highest BCUT2D eigenvalue weighted by Gasteiger charge is 2.15. The largest absolute Gasteiger partial charge is 0.458 e. The molecule has 34 heavy (non-hydrogen) atoms. The van der Waals surface area contributed by atoms with Gasteiger partial charge < -0.3 is 20.4 Å². The Labute approximate surface area is 198 Å². The van der Waals surface area contributed by atoms with E-state index in [9.17, 15) is 19.2 Å². The zero-order valence-corrected chi connectivity index (χ0v) is 18.3. The highest BCUT2D eigenvalue weighted by Crippen LogP contribution is 2.14. The summed E-state index contributed by atoms with van der Waals surface area (Å²) in [5, 5.41) is 11.3. The summed E-state index contributed by atoms with van der Waals surface area (Å²) in [7, 11) is 0. The van der Waals surface area contributed by atoms with Gasteiger partial charge >= 0.3 is 23.6 Å². The SMILES string of the molecule is O=C(NCc1ccccn1)C(=O)N/N=C/c1ccc(CNC(=O)C(=O)Nc2cccc(Cl)c2)o1. The molecule has 0 bridgehead atoms. The minimum Gasteiger partial charge on any atom is -0.458 e. The number of furan rings is 1. The lowest BCUT2D eigenvalue weighted by molar-refractivity contribution is -0.139.